The van der Waals surface area contributed by atoms with Crippen LogP contribution in [0.5, 0.6) is 0 Å². The molecule has 0 spiro atoms. The van der Waals surface area contributed by atoms with Crippen LogP contribution >= 0.6 is 11.6 Å². The molecule has 3 aromatic carbocycles. The Morgan fingerprint density at radius 1 is 0.902 bits per heavy atom. The van der Waals surface area contributed by atoms with Gasteiger partial charge in [0.2, 0.25) is 5.95 Å². The second-order valence-electron chi connectivity index (χ2n) is 10.5. The van der Waals surface area contributed by atoms with Gasteiger partial charge in [-0.3, -0.25) is 4.90 Å². The third-order valence-electron chi connectivity index (χ3n) is 7.66. The highest BCUT2D eigenvalue weighted by Gasteiger charge is 2.21. The summed E-state index contributed by atoms with van der Waals surface area (Å²) in [7, 11) is 0. The molecular formula is C32H35ClN6O2. The maximum atomic E-state index is 10.1. The summed E-state index contributed by atoms with van der Waals surface area (Å²) in [6.07, 6.45) is 3.10. The van der Waals surface area contributed by atoms with E-state index in [1.165, 1.54) is 0 Å². The predicted octanol–water partition coefficient (Wildman–Crippen LogP) is 6.45. The number of aromatic nitrogens is 2. The van der Waals surface area contributed by atoms with E-state index in [1.54, 1.807) is 6.20 Å². The summed E-state index contributed by atoms with van der Waals surface area (Å²) in [5.41, 5.74) is 6.23. The van der Waals surface area contributed by atoms with Crippen molar-refractivity contribution in [3.05, 3.63) is 89.6 Å². The molecule has 2 saturated heterocycles. The van der Waals surface area contributed by atoms with Gasteiger partial charge in [0.1, 0.15) is 5.82 Å². The fourth-order valence-corrected chi connectivity index (χ4v) is 5.65. The van der Waals surface area contributed by atoms with Crippen LogP contribution in [-0.4, -0.2) is 60.6 Å². The first-order valence-corrected chi connectivity index (χ1v) is 14.5. The molecule has 1 aromatic heterocycles. The smallest absolute Gasteiger partial charge is 0.229 e. The molecule has 2 aliphatic rings. The van der Waals surface area contributed by atoms with Crippen molar-refractivity contribution in [2.75, 3.05) is 59.4 Å². The quantitative estimate of drug-likeness (QED) is 0.262. The number of hydrogen-bond donors (Lipinski definition) is 2. The SMILES string of the molecule is Cc1ccccc1N(c1cccc(Cl)c1)c1ccnc(Nc2cc(N3CCOCC3)cc(N3CCC(O)CC3)c2)n1. The van der Waals surface area contributed by atoms with Crippen molar-refractivity contribution in [2.24, 2.45) is 0 Å². The average Bonchev–Trinajstić information content (AvgIpc) is 2.99. The van der Waals surface area contributed by atoms with Crippen molar-refractivity contribution in [1.82, 2.24) is 9.97 Å². The van der Waals surface area contributed by atoms with Crippen molar-refractivity contribution >= 4 is 51.8 Å². The van der Waals surface area contributed by atoms with Gasteiger partial charge in [-0.25, -0.2) is 4.98 Å². The molecule has 0 amide bonds. The molecule has 2 N–H and O–H groups in total. The summed E-state index contributed by atoms with van der Waals surface area (Å²) in [5.74, 6) is 1.23. The predicted molar refractivity (Wildman–Crippen MR) is 167 cm³/mol. The molecule has 0 aliphatic carbocycles. The standard InChI is InChI=1S/C32H35ClN6O2/c1-23-5-2-3-8-30(23)39(26-7-4-6-24(33)19-26)31-9-12-34-32(36-31)35-25-20-27(37-13-10-29(40)11-14-37)22-28(21-25)38-15-17-41-18-16-38/h2-9,12,19-22,29,40H,10-11,13-18H2,1H3,(H,34,35,36). The molecule has 8 nitrogen and oxygen atoms in total. The zero-order valence-corrected chi connectivity index (χ0v) is 24.0. The number of aliphatic hydroxyl groups is 1. The Morgan fingerprint density at radius 3 is 2.37 bits per heavy atom. The minimum absolute atomic E-state index is 0.224. The van der Waals surface area contributed by atoms with Gasteiger partial charge in [-0.15, -0.1) is 0 Å². The number of anilines is 7. The van der Waals surface area contributed by atoms with E-state index < -0.39 is 0 Å². The lowest BCUT2D eigenvalue weighted by Gasteiger charge is -2.34. The first kappa shape index (κ1) is 27.3. The van der Waals surface area contributed by atoms with E-state index in [-0.39, 0.29) is 6.10 Å². The maximum Gasteiger partial charge on any atom is 0.229 e. The third kappa shape index (κ3) is 6.40. The minimum atomic E-state index is -0.224. The highest BCUT2D eigenvalue weighted by Crippen LogP contribution is 2.37. The van der Waals surface area contributed by atoms with E-state index in [0.29, 0.717) is 24.2 Å². The molecular weight excluding hydrogens is 536 g/mol. The van der Waals surface area contributed by atoms with E-state index in [9.17, 15) is 5.11 Å². The molecule has 0 bridgehead atoms. The van der Waals surface area contributed by atoms with Crippen LogP contribution in [0.15, 0.2) is 79.0 Å². The highest BCUT2D eigenvalue weighted by atomic mass is 35.5. The lowest BCUT2D eigenvalue weighted by Crippen LogP contribution is -2.37. The monoisotopic (exact) mass is 570 g/mol. The first-order valence-electron chi connectivity index (χ1n) is 14.2. The summed E-state index contributed by atoms with van der Waals surface area (Å²) in [4.78, 5) is 16.3. The van der Waals surface area contributed by atoms with Crippen LogP contribution in [0, 0.1) is 6.92 Å². The molecule has 0 atom stereocenters. The molecule has 0 unspecified atom stereocenters. The van der Waals surface area contributed by atoms with Crippen molar-refractivity contribution in [1.29, 1.82) is 0 Å². The number of rotatable bonds is 7. The summed E-state index contributed by atoms with van der Waals surface area (Å²) in [6.45, 7) is 6.86. The molecule has 41 heavy (non-hydrogen) atoms. The van der Waals surface area contributed by atoms with Crippen LogP contribution in [-0.2, 0) is 4.74 Å². The number of piperidine rings is 1. The molecule has 9 heteroatoms. The number of halogens is 1. The van der Waals surface area contributed by atoms with Crippen LogP contribution < -0.4 is 20.0 Å². The average molecular weight is 571 g/mol. The molecule has 0 radical (unpaired) electrons. The number of benzene rings is 3. The number of nitrogens with one attached hydrogen (secondary N) is 1. The molecule has 0 saturated carbocycles. The third-order valence-corrected chi connectivity index (χ3v) is 7.89. The van der Waals surface area contributed by atoms with Gasteiger partial charge in [-0.05, 0) is 73.9 Å². The van der Waals surface area contributed by atoms with Gasteiger partial charge in [0.05, 0.1) is 25.0 Å². The van der Waals surface area contributed by atoms with Crippen LogP contribution in [0.3, 0.4) is 0 Å². The summed E-state index contributed by atoms with van der Waals surface area (Å²) >= 11 is 6.41. The zero-order chi connectivity index (χ0) is 28.2. The fraction of sp³-hybridized carbons (Fsp3) is 0.312. The number of aliphatic hydroxyl groups excluding tert-OH is 1. The van der Waals surface area contributed by atoms with E-state index in [4.69, 9.17) is 21.3 Å². The van der Waals surface area contributed by atoms with Gasteiger partial charge >= 0.3 is 0 Å². The Kier molecular flexibility index (Phi) is 8.23. The zero-order valence-electron chi connectivity index (χ0n) is 23.2. The van der Waals surface area contributed by atoms with Crippen LogP contribution in [0.25, 0.3) is 0 Å². The van der Waals surface area contributed by atoms with Crippen molar-refractivity contribution in [3.63, 3.8) is 0 Å². The highest BCUT2D eigenvalue weighted by molar-refractivity contribution is 6.30. The van der Waals surface area contributed by atoms with E-state index in [0.717, 1.165) is 78.8 Å². The number of hydrogen-bond acceptors (Lipinski definition) is 8. The fourth-order valence-electron chi connectivity index (χ4n) is 5.47. The molecule has 212 valence electrons. The molecule has 2 fully saturated rings. The summed E-state index contributed by atoms with van der Waals surface area (Å²) in [6, 6.07) is 24.5. The number of nitrogens with zero attached hydrogens (tertiary/aromatic N) is 5. The number of para-hydroxylation sites is 1. The molecule has 3 heterocycles. The number of aryl methyl sites for hydroxylation is 1. The van der Waals surface area contributed by atoms with E-state index >= 15 is 0 Å². The Bertz CT molecular complexity index is 1490. The summed E-state index contributed by atoms with van der Waals surface area (Å²) < 4.78 is 5.60. The molecule has 2 aliphatic heterocycles. The number of ether oxygens (including phenoxy) is 1. The van der Waals surface area contributed by atoms with Gasteiger partial charge in [0.15, 0.2) is 0 Å². The minimum Gasteiger partial charge on any atom is -0.393 e. The topological polar surface area (TPSA) is 77.0 Å². The largest absolute Gasteiger partial charge is 0.393 e. The van der Waals surface area contributed by atoms with Gasteiger partial charge in [-0.2, -0.15) is 4.98 Å². The molecule has 6 rings (SSSR count). The van der Waals surface area contributed by atoms with Gasteiger partial charge in [0.25, 0.3) is 0 Å². The van der Waals surface area contributed by atoms with E-state index in [1.807, 2.05) is 42.5 Å². The number of morpholine rings is 1. The van der Waals surface area contributed by atoms with Crippen LogP contribution in [0.4, 0.5) is 40.2 Å². The molecule has 4 aromatic rings. The summed E-state index contributed by atoms with van der Waals surface area (Å²) in [5, 5.41) is 14.2. The lowest BCUT2D eigenvalue weighted by molar-refractivity contribution is 0.122. The van der Waals surface area contributed by atoms with Crippen molar-refractivity contribution in [2.45, 2.75) is 25.9 Å². The Balaban J connectivity index is 1.35. The second-order valence-corrected chi connectivity index (χ2v) is 11.0. The normalized spacial score (nSPS) is 16.1. The van der Waals surface area contributed by atoms with Crippen LogP contribution in [0.1, 0.15) is 18.4 Å². The van der Waals surface area contributed by atoms with E-state index in [2.05, 4.69) is 62.3 Å². The van der Waals surface area contributed by atoms with Crippen LogP contribution in [0.2, 0.25) is 5.02 Å². The van der Waals surface area contributed by atoms with Gasteiger partial charge in [0, 0.05) is 60.1 Å². The maximum absolute atomic E-state index is 10.1. The lowest BCUT2D eigenvalue weighted by atomic mass is 10.1. The first-order chi connectivity index (χ1) is 20.0. The van der Waals surface area contributed by atoms with Crippen molar-refractivity contribution in [3.8, 4) is 0 Å². The Labute approximate surface area is 246 Å². The van der Waals surface area contributed by atoms with Gasteiger partial charge < -0.3 is 25.0 Å². The van der Waals surface area contributed by atoms with Crippen molar-refractivity contribution < 1.29 is 9.84 Å². The Hall–Kier alpha value is -3.85. The second kappa shape index (κ2) is 12.3. The van der Waals surface area contributed by atoms with Gasteiger partial charge in [-0.1, -0.05) is 35.9 Å². The Morgan fingerprint density at radius 2 is 1.63 bits per heavy atom.